The van der Waals surface area contributed by atoms with Crippen LogP contribution in [0.5, 0.6) is 0 Å². The minimum atomic E-state index is -0.942. The van der Waals surface area contributed by atoms with Crippen LogP contribution in [0.2, 0.25) is 0 Å². The van der Waals surface area contributed by atoms with Crippen molar-refractivity contribution < 1.29 is 23.4 Å². The van der Waals surface area contributed by atoms with Gasteiger partial charge in [0.15, 0.2) is 11.6 Å². The number of carbonyl (C=O) groups excluding carboxylic acids is 1. The number of aliphatic hydroxyl groups is 1. The lowest BCUT2D eigenvalue weighted by Gasteiger charge is -2.26. The summed E-state index contributed by atoms with van der Waals surface area (Å²) in [5.41, 5.74) is -0.446. The van der Waals surface area contributed by atoms with Crippen molar-refractivity contribution in [2.24, 2.45) is 0 Å². The zero-order valence-corrected chi connectivity index (χ0v) is 13.9. The summed E-state index contributed by atoms with van der Waals surface area (Å²) in [5.74, 6) is -1.86. The number of halogens is 2. The van der Waals surface area contributed by atoms with Gasteiger partial charge in [-0.1, -0.05) is 19.9 Å². The predicted molar refractivity (Wildman–Crippen MR) is 85.5 cm³/mol. The maximum absolute atomic E-state index is 13.4. The average molecular weight is 342 g/mol. The first-order chi connectivity index (χ1) is 11.4. The van der Waals surface area contributed by atoms with E-state index >= 15 is 0 Å². The molecule has 3 N–H and O–H groups in total. The Morgan fingerprint density at radius 3 is 2.67 bits per heavy atom. The van der Waals surface area contributed by atoms with Crippen LogP contribution in [0.1, 0.15) is 44.8 Å². The summed E-state index contributed by atoms with van der Waals surface area (Å²) in [6.07, 6.45) is 1.12. The van der Waals surface area contributed by atoms with Crippen LogP contribution >= 0.6 is 0 Å². The first kappa shape index (κ1) is 18.6. The normalized spacial score (nSPS) is 20.9. The second-order valence-electron chi connectivity index (χ2n) is 6.12. The maximum Gasteiger partial charge on any atom is 0.315 e. The fourth-order valence-electron chi connectivity index (χ4n) is 2.72. The maximum atomic E-state index is 13.4. The summed E-state index contributed by atoms with van der Waals surface area (Å²) in [6, 6.07) is 2.83. The van der Waals surface area contributed by atoms with E-state index in [0.29, 0.717) is 31.4 Å². The Morgan fingerprint density at radius 2 is 2.04 bits per heavy atom. The summed E-state index contributed by atoms with van der Waals surface area (Å²) < 4.78 is 32.0. The summed E-state index contributed by atoms with van der Waals surface area (Å²) in [6.45, 7) is 4.28. The Morgan fingerprint density at radius 1 is 1.33 bits per heavy atom. The minimum Gasteiger partial charge on any atom is -0.388 e. The van der Waals surface area contributed by atoms with E-state index in [4.69, 9.17) is 4.74 Å². The molecule has 7 heteroatoms. The van der Waals surface area contributed by atoms with Crippen molar-refractivity contribution in [1.82, 2.24) is 10.6 Å². The van der Waals surface area contributed by atoms with E-state index < -0.39 is 29.4 Å². The van der Waals surface area contributed by atoms with E-state index in [9.17, 15) is 18.7 Å². The summed E-state index contributed by atoms with van der Waals surface area (Å²) in [5, 5.41) is 15.6. The molecular formula is C17H24F2N2O3. The Labute approximate surface area is 140 Å². The van der Waals surface area contributed by atoms with E-state index in [1.54, 1.807) is 0 Å². The van der Waals surface area contributed by atoms with Crippen molar-refractivity contribution in [1.29, 1.82) is 0 Å². The smallest absolute Gasteiger partial charge is 0.315 e. The molecule has 0 aromatic heterocycles. The highest BCUT2D eigenvalue weighted by Crippen LogP contribution is 2.30. The number of carbonyl (C=O) groups is 1. The molecule has 2 atom stereocenters. The highest BCUT2D eigenvalue weighted by atomic mass is 19.2. The number of hydrogen-bond donors (Lipinski definition) is 3. The lowest BCUT2D eigenvalue weighted by Crippen LogP contribution is -2.49. The monoisotopic (exact) mass is 342 g/mol. The van der Waals surface area contributed by atoms with Gasteiger partial charge in [-0.3, -0.25) is 0 Å². The van der Waals surface area contributed by atoms with Crippen molar-refractivity contribution in [2.75, 3.05) is 13.2 Å². The molecular weight excluding hydrogens is 318 g/mol. The van der Waals surface area contributed by atoms with Gasteiger partial charge in [-0.15, -0.1) is 0 Å². The summed E-state index contributed by atoms with van der Waals surface area (Å²) >= 11 is 0. The van der Waals surface area contributed by atoms with Gasteiger partial charge < -0.3 is 20.5 Å². The largest absolute Gasteiger partial charge is 0.388 e. The molecule has 1 fully saturated rings. The van der Waals surface area contributed by atoms with E-state index in [-0.39, 0.29) is 12.6 Å². The second-order valence-corrected chi connectivity index (χ2v) is 6.12. The molecule has 1 aliphatic heterocycles. The van der Waals surface area contributed by atoms with E-state index in [1.807, 2.05) is 13.8 Å². The molecule has 2 amide bonds. The fraction of sp³-hybridized carbons (Fsp3) is 0.588. The number of hydrogen-bond acceptors (Lipinski definition) is 3. The van der Waals surface area contributed by atoms with Crippen LogP contribution in [0, 0.1) is 11.6 Å². The predicted octanol–water partition coefficient (Wildman–Crippen LogP) is 2.65. The molecule has 2 unspecified atom stereocenters. The van der Waals surface area contributed by atoms with Gasteiger partial charge in [0.05, 0.1) is 11.6 Å². The Bertz CT molecular complexity index is 579. The SMILES string of the molecule is CCC(O)(CC)CNC(=O)NC1CCOC1c1ccc(F)c(F)c1. The van der Waals surface area contributed by atoms with Crippen molar-refractivity contribution >= 4 is 6.03 Å². The van der Waals surface area contributed by atoms with E-state index in [0.717, 1.165) is 12.1 Å². The van der Waals surface area contributed by atoms with Crippen molar-refractivity contribution in [2.45, 2.75) is 50.9 Å². The average Bonchev–Trinajstić information content (AvgIpc) is 3.03. The number of benzene rings is 1. The molecule has 2 rings (SSSR count). The second kappa shape index (κ2) is 7.90. The molecule has 0 saturated carbocycles. The van der Waals surface area contributed by atoms with Gasteiger partial charge in [-0.2, -0.15) is 0 Å². The third-order valence-electron chi connectivity index (χ3n) is 4.57. The van der Waals surface area contributed by atoms with Crippen LogP contribution in [0.3, 0.4) is 0 Å². The molecule has 1 saturated heterocycles. The number of rotatable bonds is 6. The highest BCUT2D eigenvalue weighted by Gasteiger charge is 2.32. The molecule has 0 radical (unpaired) electrons. The van der Waals surface area contributed by atoms with Gasteiger partial charge in [0.25, 0.3) is 0 Å². The van der Waals surface area contributed by atoms with Crippen LogP contribution < -0.4 is 10.6 Å². The van der Waals surface area contributed by atoms with Gasteiger partial charge in [0, 0.05) is 13.2 Å². The standard InChI is InChI=1S/C17H24F2N2O3/c1-3-17(23,4-2)10-20-16(22)21-14-7-8-24-15(14)11-5-6-12(18)13(19)9-11/h5-6,9,14-15,23H,3-4,7-8,10H2,1-2H3,(H2,20,21,22). The third-order valence-corrected chi connectivity index (χ3v) is 4.57. The van der Waals surface area contributed by atoms with Crippen LogP contribution in [0.4, 0.5) is 13.6 Å². The van der Waals surface area contributed by atoms with Crippen LogP contribution in [-0.4, -0.2) is 35.9 Å². The molecule has 1 aromatic rings. The zero-order valence-electron chi connectivity index (χ0n) is 13.9. The first-order valence-corrected chi connectivity index (χ1v) is 8.22. The third kappa shape index (κ3) is 4.42. The lowest BCUT2D eigenvalue weighted by atomic mass is 9.98. The minimum absolute atomic E-state index is 0.148. The fourth-order valence-corrected chi connectivity index (χ4v) is 2.72. The number of ether oxygens (including phenoxy) is 1. The Balaban J connectivity index is 1.95. The quantitative estimate of drug-likeness (QED) is 0.744. The first-order valence-electron chi connectivity index (χ1n) is 8.22. The van der Waals surface area contributed by atoms with Crippen LogP contribution in [0.25, 0.3) is 0 Å². The number of nitrogens with one attached hydrogen (secondary N) is 2. The molecule has 0 aliphatic carbocycles. The van der Waals surface area contributed by atoms with Crippen LogP contribution in [-0.2, 0) is 4.74 Å². The van der Waals surface area contributed by atoms with Gasteiger partial charge in [-0.05, 0) is 37.0 Å². The van der Waals surface area contributed by atoms with E-state index in [2.05, 4.69) is 10.6 Å². The molecule has 1 aromatic carbocycles. The molecule has 0 bridgehead atoms. The van der Waals surface area contributed by atoms with Gasteiger partial charge in [-0.25, -0.2) is 13.6 Å². The highest BCUT2D eigenvalue weighted by molar-refractivity contribution is 5.74. The summed E-state index contributed by atoms with van der Waals surface area (Å²) in [4.78, 5) is 12.1. The summed E-state index contributed by atoms with van der Waals surface area (Å²) in [7, 11) is 0. The zero-order chi connectivity index (χ0) is 17.7. The van der Waals surface area contributed by atoms with Crippen molar-refractivity contribution in [3.05, 3.63) is 35.4 Å². The van der Waals surface area contributed by atoms with Gasteiger partial charge in [0.2, 0.25) is 0 Å². The Hall–Kier alpha value is -1.73. The van der Waals surface area contributed by atoms with Crippen molar-refractivity contribution in [3.8, 4) is 0 Å². The molecule has 5 nitrogen and oxygen atoms in total. The molecule has 1 heterocycles. The number of amides is 2. The number of urea groups is 1. The van der Waals surface area contributed by atoms with Gasteiger partial charge in [0.1, 0.15) is 6.10 Å². The Kier molecular flexibility index (Phi) is 6.12. The van der Waals surface area contributed by atoms with Crippen LogP contribution in [0.15, 0.2) is 18.2 Å². The van der Waals surface area contributed by atoms with Crippen molar-refractivity contribution in [3.63, 3.8) is 0 Å². The van der Waals surface area contributed by atoms with E-state index in [1.165, 1.54) is 6.07 Å². The van der Waals surface area contributed by atoms with Gasteiger partial charge >= 0.3 is 6.03 Å². The molecule has 0 spiro atoms. The lowest BCUT2D eigenvalue weighted by molar-refractivity contribution is 0.0347. The molecule has 1 aliphatic rings. The topological polar surface area (TPSA) is 70.6 Å². The molecule has 134 valence electrons. The molecule has 24 heavy (non-hydrogen) atoms.